The Labute approximate surface area is 118 Å². The van der Waals surface area contributed by atoms with E-state index in [4.69, 9.17) is 9.84 Å². The van der Waals surface area contributed by atoms with Crippen molar-refractivity contribution < 1.29 is 23.1 Å². The summed E-state index contributed by atoms with van der Waals surface area (Å²) in [5, 5.41) is 8.89. The number of hydrogen-bond donors (Lipinski definition) is 2. The minimum atomic E-state index is -3.73. The van der Waals surface area contributed by atoms with E-state index in [1.54, 1.807) is 6.92 Å². The molecule has 20 heavy (non-hydrogen) atoms. The number of methoxy groups -OCH3 is 1. The van der Waals surface area contributed by atoms with Crippen LogP contribution in [0.15, 0.2) is 23.1 Å². The zero-order chi connectivity index (χ0) is 15.3. The summed E-state index contributed by atoms with van der Waals surface area (Å²) in [6, 6.07) is 3.48. The summed E-state index contributed by atoms with van der Waals surface area (Å²) in [6.07, 6.45) is 1.58. The third-order valence-electron chi connectivity index (χ3n) is 2.78. The monoisotopic (exact) mass is 301 g/mol. The van der Waals surface area contributed by atoms with Crippen molar-refractivity contribution in [1.82, 2.24) is 4.72 Å². The molecule has 0 bridgehead atoms. The van der Waals surface area contributed by atoms with Crippen molar-refractivity contribution in [1.29, 1.82) is 0 Å². The van der Waals surface area contributed by atoms with Crippen LogP contribution in [0, 0.1) is 0 Å². The zero-order valence-electron chi connectivity index (χ0n) is 11.7. The quantitative estimate of drug-likeness (QED) is 0.802. The minimum Gasteiger partial charge on any atom is -0.495 e. The summed E-state index contributed by atoms with van der Waals surface area (Å²) in [5.74, 6) is -1.12. The van der Waals surface area contributed by atoms with E-state index in [2.05, 4.69) is 4.72 Å². The van der Waals surface area contributed by atoms with Gasteiger partial charge in [0.1, 0.15) is 10.6 Å². The molecule has 0 aliphatic rings. The van der Waals surface area contributed by atoms with Gasteiger partial charge in [0, 0.05) is 6.04 Å². The van der Waals surface area contributed by atoms with Crippen LogP contribution in [0.25, 0.3) is 0 Å². The maximum Gasteiger partial charge on any atom is 0.335 e. The van der Waals surface area contributed by atoms with Crippen molar-refractivity contribution in [3.63, 3.8) is 0 Å². The van der Waals surface area contributed by atoms with Gasteiger partial charge in [-0.25, -0.2) is 17.9 Å². The maximum atomic E-state index is 12.2. The molecule has 0 radical (unpaired) electrons. The molecule has 1 unspecified atom stereocenters. The fourth-order valence-electron chi connectivity index (χ4n) is 1.84. The second kappa shape index (κ2) is 6.71. The van der Waals surface area contributed by atoms with Gasteiger partial charge in [-0.1, -0.05) is 13.3 Å². The Balaban J connectivity index is 3.15. The molecule has 0 saturated carbocycles. The van der Waals surface area contributed by atoms with E-state index in [1.165, 1.54) is 25.3 Å². The number of nitrogens with one attached hydrogen (secondary N) is 1. The van der Waals surface area contributed by atoms with Crippen molar-refractivity contribution in [3.8, 4) is 5.75 Å². The van der Waals surface area contributed by atoms with E-state index in [0.717, 1.165) is 12.8 Å². The Bertz CT molecular complexity index is 582. The first-order valence-corrected chi connectivity index (χ1v) is 7.73. The topological polar surface area (TPSA) is 92.7 Å². The number of carboxylic acid groups (broad SMARTS) is 1. The van der Waals surface area contributed by atoms with Crippen LogP contribution < -0.4 is 9.46 Å². The fraction of sp³-hybridized carbons (Fsp3) is 0.462. The first kappa shape index (κ1) is 16.5. The van der Waals surface area contributed by atoms with Gasteiger partial charge >= 0.3 is 5.97 Å². The first-order valence-electron chi connectivity index (χ1n) is 6.25. The van der Waals surface area contributed by atoms with Crippen LogP contribution in [0.1, 0.15) is 37.0 Å². The highest BCUT2D eigenvalue weighted by Crippen LogP contribution is 2.25. The molecular formula is C13H19NO5S. The third-order valence-corrected chi connectivity index (χ3v) is 4.41. The fourth-order valence-corrected chi connectivity index (χ4v) is 3.27. The number of carboxylic acids is 1. The van der Waals surface area contributed by atoms with E-state index < -0.39 is 16.0 Å². The van der Waals surface area contributed by atoms with E-state index in [1.807, 2.05) is 6.92 Å². The van der Waals surface area contributed by atoms with Crippen LogP contribution in [0.2, 0.25) is 0 Å². The molecule has 1 aromatic rings. The number of ether oxygens (including phenoxy) is 1. The lowest BCUT2D eigenvalue weighted by Crippen LogP contribution is -2.32. The molecule has 1 rings (SSSR count). The average Bonchev–Trinajstić information content (AvgIpc) is 2.37. The lowest BCUT2D eigenvalue weighted by atomic mass is 10.2. The zero-order valence-corrected chi connectivity index (χ0v) is 12.5. The van der Waals surface area contributed by atoms with Gasteiger partial charge in [-0.2, -0.15) is 0 Å². The lowest BCUT2D eigenvalue weighted by Gasteiger charge is -2.15. The minimum absolute atomic E-state index is 0.0149. The molecule has 112 valence electrons. The van der Waals surface area contributed by atoms with Crippen LogP contribution in [0.3, 0.4) is 0 Å². The van der Waals surface area contributed by atoms with Gasteiger partial charge in [-0.05, 0) is 31.5 Å². The molecular weight excluding hydrogens is 282 g/mol. The van der Waals surface area contributed by atoms with Crippen molar-refractivity contribution in [2.45, 2.75) is 37.6 Å². The van der Waals surface area contributed by atoms with Crippen LogP contribution in [-0.2, 0) is 10.0 Å². The van der Waals surface area contributed by atoms with Gasteiger partial charge in [0.25, 0.3) is 0 Å². The van der Waals surface area contributed by atoms with Crippen molar-refractivity contribution in [2.75, 3.05) is 7.11 Å². The van der Waals surface area contributed by atoms with Crippen molar-refractivity contribution >= 4 is 16.0 Å². The Morgan fingerprint density at radius 3 is 2.60 bits per heavy atom. The molecule has 0 spiro atoms. The summed E-state index contributed by atoms with van der Waals surface area (Å²) in [6.45, 7) is 3.74. The molecule has 1 atom stereocenters. The summed E-state index contributed by atoms with van der Waals surface area (Å²) >= 11 is 0. The van der Waals surface area contributed by atoms with Gasteiger partial charge in [-0.15, -0.1) is 0 Å². The summed E-state index contributed by atoms with van der Waals surface area (Å²) in [5.41, 5.74) is -0.0255. The summed E-state index contributed by atoms with van der Waals surface area (Å²) in [7, 11) is -2.43. The largest absolute Gasteiger partial charge is 0.495 e. The number of sulfonamides is 1. The Hall–Kier alpha value is -1.60. The van der Waals surface area contributed by atoms with Crippen LogP contribution >= 0.6 is 0 Å². The molecule has 0 saturated heterocycles. The smallest absolute Gasteiger partial charge is 0.335 e. The molecule has 6 nitrogen and oxygen atoms in total. The Morgan fingerprint density at radius 2 is 2.10 bits per heavy atom. The second-order valence-electron chi connectivity index (χ2n) is 4.48. The van der Waals surface area contributed by atoms with Gasteiger partial charge in [0.05, 0.1) is 12.7 Å². The van der Waals surface area contributed by atoms with Crippen LogP contribution in [0.4, 0.5) is 0 Å². The number of hydrogen-bond acceptors (Lipinski definition) is 4. The second-order valence-corrected chi connectivity index (χ2v) is 6.16. The molecule has 0 aliphatic heterocycles. The maximum absolute atomic E-state index is 12.2. The van der Waals surface area contributed by atoms with E-state index in [0.29, 0.717) is 0 Å². The molecule has 1 aromatic carbocycles. The predicted molar refractivity (Wildman–Crippen MR) is 74.6 cm³/mol. The van der Waals surface area contributed by atoms with Gasteiger partial charge in [0.15, 0.2) is 0 Å². The highest BCUT2D eigenvalue weighted by molar-refractivity contribution is 7.89. The van der Waals surface area contributed by atoms with Crippen molar-refractivity contribution in [2.24, 2.45) is 0 Å². The summed E-state index contributed by atoms with van der Waals surface area (Å²) < 4.78 is 32.0. The van der Waals surface area contributed by atoms with Gasteiger partial charge in [0.2, 0.25) is 10.0 Å². The molecule has 0 aliphatic carbocycles. The van der Waals surface area contributed by atoms with Gasteiger partial charge < -0.3 is 9.84 Å². The molecule has 0 aromatic heterocycles. The van der Waals surface area contributed by atoms with Crippen LogP contribution in [-0.4, -0.2) is 32.6 Å². The summed E-state index contributed by atoms with van der Waals surface area (Å²) in [4.78, 5) is 10.8. The Kier molecular flexibility index (Phi) is 5.52. The normalized spacial score (nSPS) is 12.9. The highest BCUT2D eigenvalue weighted by atomic mass is 32.2. The van der Waals surface area contributed by atoms with E-state index in [-0.39, 0.29) is 22.3 Å². The third kappa shape index (κ3) is 3.94. The van der Waals surface area contributed by atoms with E-state index in [9.17, 15) is 13.2 Å². The molecule has 2 N–H and O–H groups in total. The first-order chi connectivity index (χ1) is 9.31. The number of aromatic carboxylic acids is 1. The Morgan fingerprint density at radius 1 is 1.45 bits per heavy atom. The molecule has 7 heteroatoms. The highest BCUT2D eigenvalue weighted by Gasteiger charge is 2.22. The molecule has 0 fully saturated rings. The molecule has 0 heterocycles. The van der Waals surface area contributed by atoms with Gasteiger partial charge in [-0.3, -0.25) is 0 Å². The average molecular weight is 301 g/mol. The molecule has 0 amide bonds. The van der Waals surface area contributed by atoms with Crippen molar-refractivity contribution in [3.05, 3.63) is 23.8 Å². The standard InChI is InChI=1S/C13H19NO5S/c1-4-5-9(2)14-20(17,18)12-7-6-10(13(15)16)8-11(12)19-3/h6-9,14H,4-5H2,1-3H3,(H,15,16). The SMILES string of the molecule is CCCC(C)NS(=O)(=O)c1ccc(C(=O)O)cc1OC. The number of benzene rings is 1. The van der Waals surface area contributed by atoms with Crippen LogP contribution in [0.5, 0.6) is 5.75 Å². The number of carbonyl (C=O) groups is 1. The number of rotatable bonds is 7. The predicted octanol–water partition coefficient (Wildman–Crippen LogP) is 1.86. The van der Waals surface area contributed by atoms with E-state index >= 15 is 0 Å². The lowest BCUT2D eigenvalue weighted by molar-refractivity contribution is 0.0696.